The minimum Gasteiger partial charge on any atom is -0.493 e. The molecule has 1 aromatic rings. The highest BCUT2D eigenvalue weighted by Gasteiger charge is 2.42. The molecule has 1 heterocycles. The van der Waals surface area contributed by atoms with Crippen LogP contribution in [0.1, 0.15) is 19.3 Å². The van der Waals surface area contributed by atoms with E-state index in [-0.39, 0.29) is 6.10 Å². The Balaban J connectivity index is 1.58. The van der Waals surface area contributed by atoms with Crippen LogP contribution in [0.4, 0.5) is 0 Å². The van der Waals surface area contributed by atoms with Gasteiger partial charge in [-0.3, -0.25) is 0 Å². The topological polar surface area (TPSA) is 51.2 Å². The summed E-state index contributed by atoms with van der Waals surface area (Å²) in [5.74, 6) is 2.63. The Kier molecular flexibility index (Phi) is 5.98. The highest BCUT2D eigenvalue weighted by atomic mass is 16.5. The van der Waals surface area contributed by atoms with Gasteiger partial charge in [0, 0.05) is 33.4 Å². The van der Waals surface area contributed by atoms with Crippen molar-refractivity contribution in [2.24, 2.45) is 11.8 Å². The molecule has 3 rings (SSSR count). The summed E-state index contributed by atoms with van der Waals surface area (Å²) in [6.45, 7) is 4.09. The molecule has 0 bridgehead atoms. The zero-order valence-electron chi connectivity index (χ0n) is 14.7. The second-order valence-electron chi connectivity index (χ2n) is 6.97. The van der Waals surface area contributed by atoms with E-state index in [0.29, 0.717) is 11.8 Å². The number of para-hydroxylation sites is 2. The van der Waals surface area contributed by atoms with Crippen molar-refractivity contribution in [3.8, 4) is 11.5 Å². The lowest BCUT2D eigenvalue weighted by molar-refractivity contribution is -0.0240. The van der Waals surface area contributed by atoms with Crippen molar-refractivity contribution in [3.63, 3.8) is 0 Å². The van der Waals surface area contributed by atoms with Gasteiger partial charge in [0.2, 0.25) is 0 Å². The lowest BCUT2D eigenvalue weighted by Crippen LogP contribution is -2.42. The maximum absolute atomic E-state index is 10.5. The molecular formula is C19H29NO4. The number of fused-ring (bicyclic) bond motifs is 1. The predicted molar refractivity (Wildman–Crippen MR) is 92.6 cm³/mol. The molecule has 1 saturated carbocycles. The fraction of sp³-hybridized carbons (Fsp3) is 0.684. The highest BCUT2D eigenvalue weighted by molar-refractivity contribution is 5.39. The SMILES string of the molecule is COCCCN1C[C@H]2C[C@@H](Oc3ccccc3OC)[C@H](O)C[C@H]2C1. The Hall–Kier alpha value is -1.30. The van der Waals surface area contributed by atoms with Gasteiger partial charge in [0.15, 0.2) is 11.5 Å². The summed E-state index contributed by atoms with van der Waals surface area (Å²) >= 11 is 0. The van der Waals surface area contributed by atoms with Crippen LogP contribution in [0.5, 0.6) is 11.5 Å². The number of ether oxygens (including phenoxy) is 3. The van der Waals surface area contributed by atoms with Crippen LogP contribution in [0, 0.1) is 11.8 Å². The molecule has 0 aromatic heterocycles. The minimum absolute atomic E-state index is 0.151. The van der Waals surface area contributed by atoms with Crippen LogP contribution in [0.15, 0.2) is 24.3 Å². The van der Waals surface area contributed by atoms with E-state index >= 15 is 0 Å². The number of aliphatic hydroxyl groups is 1. The van der Waals surface area contributed by atoms with Gasteiger partial charge in [0.1, 0.15) is 6.10 Å². The zero-order valence-corrected chi connectivity index (χ0v) is 14.7. The third kappa shape index (κ3) is 4.02. The molecule has 1 aromatic carbocycles. The summed E-state index contributed by atoms with van der Waals surface area (Å²) in [6, 6.07) is 7.65. The first-order valence-electron chi connectivity index (χ1n) is 8.90. The highest BCUT2D eigenvalue weighted by Crippen LogP contribution is 2.39. The number of rotatable bonds is 7. The molecule has 0 radical (unpaired) electrons. The monoisotopic (exact) mass is 335 g/mol. The quantitative estimate of drug-likeness (QED) is 0.774. The Morgan fingerprint density at radius 3 is 2.50 bits per heavy atom. The van der Waals surface area contributed by atoms with Crippen molar-refractivity contribution in [1.82, 2.24) is 4.90 Å². The number of aliphatic hydroxyl groups excluding tert-OH is 1. The van der Waals surface area contributed by atoms with Crippen LogP contribution >= 0.6 is 0 Å². The normalized spacial score (nSPS) is 30.1. The minimum atomic E-state index is -0.407. The van der Waals surface area contributed by atoms with Crippen molar-refractivity contribution in [2.75, 3.05) is 40.5 Å². The van der Waals surface area contributed by atoms with Gasteiger partial charge in [-0.25, -0.2) is 0 Å². The van der Waals surface area contributed by atoms with E-state index in [2.05, 4.69) is 4.90 Å². The molecule has 5 heteroatoms. The van der Waals surface area contributed by atoms with Crippen LogP contribution in [0.3, 0.4) is 0 Å². The van der Waals surface area contributed by atoms with Crippen molar-refractivity contribution < 1.29 is 19.3 Å². The molecule has 0 spiro atoms. The van der Waals surface area contributed by atoms with Crippen LogP contribution in [0.2, 0.25) is 0 Å². The van der Waals surface area contributed by atoms with Gasteiger partial charge < -0.3 is 24.2 Å². The van der Waals surface area contributed by atoms with E-state index in [1.165, 1.54) is 0 Å². The molecule has 1 N–H and O–H groups in total. The van der Waals surface area contributed by atoms with Gasteiger partial charge in [-0.15, -0.1) is 0 Å². The van der Waals surface area contributed by atoms with E-state index in [0.717, 1.165) is 57.0 Å². The first kappa shape index (κ1) is 17.5. The average Bonchev–Trinajstić information content (AvgIpc) is 2.97. The molecule has 4 atom stereocenters. The standard InChI is InChI=1S/C19H29NO4/c1-22-9-5-8-20-12-14-10-16(21)19(11-15(14)13-20)24-18-7-4-3-6-17(18)23-2/h3-4,6-7,14-16,19,21H,5,8-13H2,1-2H3/t14-,15+,16+,19+/m0/s1. The Morgan fingerprint density at radius 2 is 1.79 bits per heavy atom. The van der Waals surface area contributed by atoms with Gasteiger partial charge in [-0.05, 0) is 43.2 Å². The van der Waals surface area contributed by atoms with E-state index in [4.69, 9.17) is 14.2 Å². The van der Waals surface area contributed by atoms with Crippen LogP contribution in [-0.2, 0) is 4.74 Å². The second kappa shape index (κ2) is 8.19. The number of likely N-dealkylation sites (tertiary alicyclic amines) is 1. The van der Waals surface area contributed by atoms with Crippen molar-refractivity contribution in [2.45, 2.75) is 31.5 Å². The molecule has 1 aliphatic heterocycles. The molecular weight excluding hydrogens is 306 g/mol. The molecule has 134 valence electrons. The van der Waals surface area contributed by atoms with Gasteiger partial charge in [-0.1, -0.05) is 12.1 Å². The average molecular weight is 335 g/mol. The van der Waals surface area contributed by atoms with E-state index in [9.17, 15) is 5.11 Å². The van der Waals surface area contributed by atoms with Crippen LogP contribution < -0.4 is 9.47 Å². The van der Waals surface area contributed by atoms with Gasteiger partial charge in [0.05, 0.1) is 13.2 Å². The Morgan fingerprint density at radius 1 is 1.08 bits per heavy atom. The zero-order chi connectivity index (χ0) is 16.9. The largest absolute Gasteiger partial charge is 0.493 e. The number of hydrogen-bond donors (Lipinski definition) is 1. The smallest absolute Gasteiger partial charge is 0.161 e. The number of hydrogen-bond acceptors (Lipinski definition) is 5. The molecule has 24 heavy (non-hydrogen) atoms. The number of benzene rings is 1. The van der Waals surface area contributed by atoms with E-state index < -0.39 is 6.10 Å². The number of nitrogens with zero attached hydrogens (tertiary/aromatic N) is 1. The summed E-state index contributed by atoms with van der Waals surface area (Å²) in [7, 11) is 3.39. The van der Waals surface area contributed by atoms with Crippen LogP contribution in [0.25, 0.3) is 0 Å². The molecule has 1 aliphatic carbocycles. The molecule has 2 fully saturated rings. The molecule has 5 nitrogen and oxygen atoms in total. The first-order valence-corrected chi connectivity index (χ1v) is 8.90. The van der Waals surface area contributed by atoms with E-state index in [1.807, 2.05) is 24.3 Å². The predicted octanol–water partition coefficient (Wildman–Crippen LogP) is 2.18. The molecule has 2 aliphatic rings. The fourth-order valence-corrected chi connectivity index (χ4v) is 4.11. The van der Waals surface area contributed by atoms with Crippen molar-refractivity contribution >= 4 is 0 Å². The van der Waals surface area contributed by atoms with E-state index in [1.54, 1.807) is 14.2 Å². The Bertz CT molecular complexity index is 524. The maximum Gasteiger partial charge on any atom is 0.161 e. The van der Waals surface area contributed by atoms with Gasteiger partial charge >= 0.3 is 0 Å². The summed E-state index contributed by atoms with van der Waals surface area (Å²) in [5.41, 5.74) is 0. The lowest BCUT2D eigenvalue weighted by atomic mass is 9.78. The molecule has 1 saturated heterocycles. The lowest BCUT2D eigenvalue weighted by Gasteiger charge is -2.35. The van der Waals surface area contributed by atoms with Gasteiger partial charge in [-0.2, -0.15) is 0 Å². The third-order valence-corrected chi connectivity index (χ3v) is 5.33. The third-order valence-electron chi connectivity index (χ3n) is 5.33. The maximum atomic E-state index is 10.5. The molecule has 0 amide bonds. The van der Waals surface area contributed by atoms with Crippen LogP contribution in [-0.4, -0.2) is 62.7 Å². The Labute approximate surface area is 144 Å². The first-order chi connectivity index (χ1) is 11.7. The fourth-order valence-electron chi connectivity index (χ4n) is 4.11. The number of methoxy groups -OCH3 is 2. The summed E-state index contributed by atoms with van der Waals surface area (Å²) < 4.78 is 16.6. The summed E-state index contributed by atoms with van der Waals surface area (Å²) in [4.78, 5) is 2.51. The van der Waals surface area contributed by atoms with Gasteiger partial charge in [0.25, 0.3) is 0 Å². The molecule has 0 unspecified atom stereocenters. The van der Waals surface area contributed by atoms with Crippen molar-refractivity contribution in [3.05, 3.63) is 24.3 Å². The second-order valence-corrected chi connectivity index (χ2v) is 6.97. The summed E-state index contributed by atoms with van der Waals surface area (Å²) in [5, 5.41) is 10.5. The summed E-state index contributed by atoms with van der Waals surface area (Å²) in [6.07, 6.45) is 2.24. The van der Waals surface area contributed by atoms with Crippen molar-refractivity contribution in [1.29, 1.82) is 0 Å².